The Kier molecular flexibility index (Phi) is 4.23. The van der Waals surface area contributed by atoms with Gasteiger partial charge in [-0.15, -0.1) is 11.3 Å². The maximum absolute atomic E-state index is 12.5. The fourth-order valence-corrected chi connectivity index (χ4v) is 3.41. The molecule has 1 amide bonds. The predicted octanol–water partition coefficient (Wildman–Crippen LogP) is 2.52. The van der Waals surface area contributed by atoms with Crippen molar-refractivity contribution < 1.29 is 14.6 Å². The first-order chi connectivity index (χ1) is 9.27. The summed E-state index contributed by atoms with van der Waals surface area (Å²) in [7, 11) is 1.65. The molecule has 2 rings (SSSR count). The predicted molar refractivity (Wildman–Crippen MR) is 80.0 cm³/mol. The van der Waals surface area contributed by atoms with E-state index < -0.39 is 5.60 Å². The summed E-state index contributed by atoms with van der Waals surface area (Å²) < 4.78 is 5.08. The van der Waals surface area contributed by atoms with Gasteiger partial charge in [0.25, 0.3) is 5.91 Å². The lowest BCUT2D eigenvalue weighted by Gasteiger charge is -2.48. The lowest BCUT2D eigenvalue weighted by Crippen LogP contribution is -2.56. The van der Waals surface area contributed by atoms with Crippen molar-refractivity contribution in [1.29, 1.82) is 0 Å². The highest BCUT2D eigenvalue weighted by atomic mass is 32.1. The zero-order valence-corrected chi connectivity index (χ0v) is 13.4. The van der Waals surface area contributed by atoms with Gasteiger partial charge < -0.3 is 14.7 Å². The molecule has 1 fully saturated rings. The molecule has 0 saturated carbocycles. The number of methoxy groups -OCH3 is 1. The average Bonchev–Trinajstić information content (AvgIpc) is 2.81. The molecule has 0 spiro atoms. The summed E-state index contributed by atoms with van der Waals surface area (Å²) in [4.78, 5) is 16.2. The highest BCUT2D eigenvalue weighted by Crippen LogP contribution is 2.38. The first-order valence-electron chi connectivity index (χ1n) is 6.86. The second kappa shape index (κ2) is 5.47. The molecule has 1 aliphatic heterocycles. The molecule has 1 aliphatic rings. The van der Waals surface area contributed by atoms with Crippen LogP contribution in [-0.4, -0.2) is 41.7 Å². The van der Waals surface area contributed by atoms with Crippen molar-refractivity contribution in [3.63, 3.8) is 0 Å². The van der Waals surface area contributed by atoms with Crippen molar-refractivity contribution >= 4 is 17.2 Å². The van der Waals surface area contributed by atoms with Crippen LogP contribution in [0.25, 0.3) is 0 Å². The van der Waals surface area contributed by atoms with Gasteiger partial charge in [-0.25, -0.2) is 0 Å². The molecular weight excluding hydrogens is 274 g/mol. The van der Waals surface area contributed by atoms with E-state index in [-0.39, 0.29) is 11.3 Å². The number of likely N-dealkylation sites (tertiary alicyclic amines) is 1. The van der Waals surface area contributed by atoms with Crippen LogP contribution in [0.5, 0.6) is 0 Å². The molecular formula is C15H23NO3S. The lowest BCUT2D eigenvalue weighted by molar-refractivity contribution is -0.0970. The number of rotatable bonds is 3. The second-order valence-electron chi connectivity index (χ2n) is 6.33. The van der Waals surface area contributed by atoms with Gasteiger partial charge in [-0.3, -0.25) is 4.79 Å². The second-order valence-corrected chi connectivity index (χ2v) is 7.50. The molecule has 1 aromatic heterocycles. The summed E-state index contributed by atoms with van der Waals surface area (Å²) in [6.07, 6.45) is 0.613. The number of carbonyl (C=O) groups is 1. The van der Waals surface area contributed by atoms with Crippen molar-refractivity contribution in [1.82, 2.24) is 4.90 Å². The minimum absolute atomic E-state index is 0.0564. The maximum atomic E-state index is 12.5. The SMILES string of the molecule is COCc1ccc(C(=O)N2CC[C@](C)(O)C(C)(C)C2)s1. The summed E-state index contributed by atoms with van der Waals surface area (Å²) in [6, 6.07) is 3.80. The topological polar surface area (TPSA) is 49.8 Å². The molecule has 2 heterocycles. The van der Waals surface area contributed by atoms with Crippen LogP contribution in [0.4, 0.5) is 0 Å². The van der Waals surface area contributed by atoms with Crippen molar-refractivity contribution in [3.8, 4) is 0 Å². The maximum Gasteiger partial charge on any atom is 0.263 e. The highest BCUT2D eigenvalue weighted by Gasteiger charge is 2.45. The molecule has 0 aliphatic carbocycles. The third kappa shape index (κ3) is 2.90. The van der Waals surface area contributed by atoms with E-state index in [1.807, 2.05) is 37.8 Å². The van der Waals surface area contributed by atoms with Crippen molar-refractivity contribution in [3.05, 3.63) is 21.9 Å². The Bertz CT molecular complexity index is 493. The minimum Gasteiger partial charge on any atom is -0.389 e. The summed E-state index contributed by atoms with van der Waals surface area (Å²) >= 11 is 1.48. The summed E-state index contributed by atoms with van der Waals surface area (Å²) in [5, 5.41) is 10.4. The molecule has 0 aromatic carbocycles. The van der Waals surface area contributed by atoms with Gasteiger partial charge in [-0.05, 0) is 25.5 Å². The monoisotopic (exact) mass is 297 g/mol. The van der Waals surface area contributed by atoms with Crippen LogP contribution in [0.15, 0.2) is 12.1 Å². The van der Waals surface area contributed by atoms with Gasteiger partial charge in [0.1, 0.15) is 0 Å². The van der Waals surface area contributed by atoms with E-state index in [1.54, 1.807) is 7.11 Å². The molecule has 1 atom stereocenters. The number of hydrogen-bond donors (Lipinski definition) is 1. The molecule has 4 nitrogen and oxygen atoms in total. The van der Waals surface area contributed by atoms with Gasteiger partial charge in [0.05, 0.1) is 17.1 Å². The van der Waals surface area contributed by atoms with E-state index in [4.69, 9.17) is 4.74 Å². The largest absolute Gasteiger partial charge is 0.389 e. The van der Waals surface area contributed by atoms with E-state index in [9.17, 15) is 9.90 Å². The highest BCUT2D eigenvalue weighted by molar-refractivity contribution is 7.14. The number of thiophene rings is 1. The van der Waals surface area contributed by atoms with E-state index >= 15 is 0 Å². The first-order valence-corrected chi connectivity index (χ1v) is 7.68. The molecule has 1 saturated heterocycles. The van der Waals surface area contributed by atoms with Crippen LogP contribution in [-0.2, 0) is 11.3 Å². The van der Waals surface area contributed by atoms with Gasteiger partial charge >= 0.3 is 0 Å². The third-order valence-corrected chi connectivity index (χ3v) is 5.41. The number of hydrogen-bond acceptors (Lipinski definition) is 4. The fourth-order valence-electron chi connectivity index (χ4n) is 2.46. The normalized spacial score (nSPS) is 25.8. The smallest absolute Gasteiger partial charge is 0.263 e. The first kappa shape index (κ1) is 15.5. The average molecular weight is 297 g/mol. The molecule has 1 N–H and O–H groups in total. The molecule has 5 heteroatoms. The number of aliphatic hydroxyl groups is 1. The number of amides is 1. The van der Waals surface area contributed by atoms with Crippen LogP contribution >= 0.6 is 11.3 Å². The standard InChI is InChI=1S/C15H23NO3S/c1-14(2)10-16(8-7-15(14,3)18)13(17)12-6-5-11(20-12)9-19-4/h5-6,18H,7-10H2,1-4H3/t15-/m0/s1. The number of nitrogens with zero attached hydrogens (tertiary/aromatic N) is 1. The van der Waals surface area contributed by atoms with Crippen LogP contribution in [0.3, 0.4) is 0 Å². The number of ether oxygens (including phenoxy) is 1. The lowest BCUT2D eigenvalue weighted by atomic mass is 9.71. The Labute approximate surface area is 124 Å². The summed E-state index contributed by atoms with van der Waals surface area (Å²) in [5.41, 5.74) is -1.02. The molecule has 0 radical (unpaired) electrons. The van der Waals surface area contributed by atoms with Crippen LogP contribution < -0.4 is 0 Å². The summed E-state index contributed by atoms with van der Waals surface area (Å²) in [5.74, 6) is 0.0564. The Balaban J connectivity index is 2.10. The summed E-state index contributed by atoms with van der Waals surface area (Å²) in [6.45, 7) is 7.60. The molecule has 1 aromatic rings. The van der Waals surface area contributed by atoms with Crippen LogP contribution in [0.2, 0.25) is 0 Å². The molecule has 0 unspecified atom stereocenters. The molecule has 20 heavy (non-hydrogen) atoms. The van der Waals surface area contributed by atoms with E-state index in [2.05, 4.69) is 0 Å². The zero-order chi connectivity index (χ0) is 15.0. The van der Waals surface area contributed by atoms with Gasteiger partial charge in [0.15, 0.2) is 0 Å². The Morgan fingerprint density at radius 2 is 2.15 bits per heavy atom. The Hall–Kier alpha value is -0.910. The Morgan fingerprint density at radius 1 is 1.45 bits per heavy atom. The zero-order valence-electron chi connectivity index (χ0n) is 12.6. The van der Waals surface area contributed by atoms with E-state index in [0.29, 0.717) is 26.1 Å². The van der Waals surface area contributed by atoms with Crippen molar-refractivity contribution in [2.45, 2.75) is 39.4 Å². The van der Waals surface area contributed by atoms with E-state index in [0.717, 1.165) is 9.75 Å². The van der Waals surface area contributed by atoms with Crippen LogP contribution in [0.1, 0.15) is 41.7 Å². The van der Waals surface area contributed by atoms with Gasteiger partial charge in [0.2, 0.25) is 0 Å². The fraction of sp³-hybridized carbons (Fsp3) is 0.667. The van der Waals surface area contributed by atoms with Crippen molar-refractivity contribution in [2.24, 2.45) is 5.41 Å². The van der Waals surface area contributed by atoms with Gasteiger partial charge in [0, 0.05) is 30.5 Å². The molecule has 0 bridgehead atoms. The van der Waals surface area contributed by atoms with Crippen LogP contribution in [0, 0.1) is 5.41 Å². The molecule has 112 valence electrons. The van der Waals surface area contributed by atoms with E-state index in [1.165, 1.54) is 11.3 Å². The third-order valence-electron chi connectivity index (χ3n) is 4.36. The number of carbonyl (C=O) groups excluding carboxylic acids is 1. The van der Waals surface area contributed by atoms with Crippen molar-refractivity contribution in [2.75, 3.05) is 20.2 Å². The minimum atomic E-state index is -0.722. The number of piperidine rings is 1. The quantitative estimate of drug-likeness (QED) is 0.932. The van der Waals surface area contributed by atoms with Gasteiger partial charge in [-0.2, -0.15) is 0 Å². The Morgan fingerprint density at radius 3 is 2.75 bits per heavy atom. The van der Waals surface area contributed by atoms with Gasteiger partial charge in [-0.1, -0.05) is 13.8 Å².